The van der Waals surface area contributed by atoms with Crippen molar-refractivity contribution in [2.75, 3.05) is 0 Å². The second-order valence-corrected chi connectivity index (χ2v) is 6.08. The van der Waals surface area contributed by atoms with Crippen LogP contribution in [0, 0.1) is 6.92 Å². The molecular formula is C16H9Cl3O4. The predicted octanol–water partition coefficient (Wildman–Crippen LogP) is 5.56. The quantitative estimate of drug-likeness (QED) is 0.473. The molecule has 0 fully saturated rings. The van der Waals surface area contributed by atoms with Crippen LogP contribution in [-0.4, -0.2) is 5.11 Å². The molecule has 0 amide bonds. The van der Waals surface area contributed by atoms with E-state index in [-0.39, 0.29) is 32.3 Å². The Hall–Kier alpha value is -1.88. The number of hydrogen-bond donors (Lipinski definition) is 1. The summed E-state index contributed by atoms with van der Waals surface area (Å²) in [4.78, 5) is 11.5. The fourth-order valence-corrected chi connectivity index (χ4v) is 2.69. The summed E-state index contributed by atoms with van der Waals surface area (Å²) >= 11 is 17.8. The van der Waals surface area contributed by atoms with E-state index in [9.17, 15) is 9.90 Å². The van der Waals surface area contributed by atoms with Gasteiger partial charge in [0, 0.05) is 23.6 Å². The fraction of sp³-hybridized carbons (Fsp3) is 0.0625. The van der Waals surface area contributed by atoms with E-state index in [4.69, 9.17) is 44.0 Å². The van der Waals surface area contributed by atoms with Crippen LogP contribution < -0.4 is 10.4 Å². The first kappa shape index (κ1) is 16.0. The molecule has 3 aromatic rings. The van der Waals surface area contributed by atoms with E-state index in [1.807, 2.05) is 0 Å². The summed E-state index contributed by atoms with van der Waals surface area (Å²) < 4.78 is 10.7. The van der Waals surface area contributed by atoms with Crippen molar-refractivity contribution in [3.8, 4) is 17.2 Å². The van der Waals surface area contributed by atoms with Crippen molar-refractivity contribution in [3.05, 3.63) is 61.4 Å². The van der Waals surface area contributed by atoms with Gasteiger partial charge in [-0.15, -0.1) is 0 Å². The summed E-state index contributed by atoms with van der Waals surface area (Å²) in [5, 5.41) is 11.5. The molecule has 2 aromatic carbocycles. The molecule has 0 saturated heterocycles. The van der Waals surface area contributed by atoms with Crippen molar-refractivity contribution in [2.45, 2.75) is 6.92 Å². The van der Waals surface area contributed by atoms with Gasteiger partial charge in [-0.2, -0.15) is 0 Å². The first-order valence-electron chi connectivity index (χ1n) is 6.45. The Kier molecular flexibility index (Phi) is 4.15. The lowest BCUT2D eigenvalue weighted by Gasteiger charge is -2.11. The minimum atomic E-state index is -0.487. The molecule has 1 heterocycles. The van der Waals surface area contributed by atoms with E-state index in [0.29, 0.717) is 16.5 Å². The average molecular weight is 372 g/mol. The number of fused-ring (bicyclic) bond motifs is 1. The van der Waals surface area contributed by atoms with Gasteiger partial charge >= 0.3 is 5.63 Å². The molecule has 0 spiro atoms. The van der Waals surface area contributed by atoms with Crippen LogP contribution in [0.25, 0.3) is 11.0 Å². The fourth-order valence-electron chi connectivity index (χ4n) is 2.12. The second kappa shape index (κ2) is 5.96. The van der Waals surface area contributed by atoms with Crippen LogP contribution in [0.5, 0.6) is 17.2 Å². The molecule has 0 aliphatic heterocycles. The van der Waals surface area contributed by atoms with Crippen molar-refractivity contribution in [1.29, 1.82) is 0 Å². The Bertz CT molecular complexity index is 979. The van der Waals surface area contributed by atoms with Crippen LogP contribution in [0.2, 0.25) is 15.1 Å². The summed E-state index contributed by atoms with van der Waals surface area (Å²) in [6.07, 6.45) is 0. The Morgan fingerprint density at radius 2 is 1.65 bits per heavy atom. The molecule has 1 N–H and O–H groups in total. The van der Waals surface area contributed by atoms with Crippen LogP contribution in [0.1, 0.15) is 5.56 Å². The molecule has 118 valence electrons. The third kappa shape index (κ3) is 3.11. The zero-order valence-electron chi connectivity index (χ0n) is 11.7. The lowest BCUT2D eigenvalue weighted by Crippen LogP contribution is -1.98. The number of halogens is 3. The summed E-state index contributed by atoms with van der Waals surface area (Å²) in [5.41, 5.74) is 0.490. The van der Waals surface area contributed by atoms with E-state index >= 15 is 0 Å². The number of benzene rings is 2. The van der Waals surface area contributed by atoms with Gasteiger partial charge in [0.25, 0.3) is 0 Å². The van der Waals surface area contributed by atoms with Gasteiger partial charge in [-0.1, -0.05) is 34.8 Å². The number of aryl methyl sites for hydroxylation is 1. The van der Waals surface area contributed by atoms with Crippen molar-refractivity contribution in [3.63, 3.8) is 0 Å². The summed E-state index contributed by atoms with van der Waals surface area (Å²) in [5.74, 6) is 0.161. The minimum absolute atomic E-state index is 0.0755. The van der Waals surface area contributed by atoms with Crippen LogP contribution in [0.3, 0.4) is 0 Å². The minimum Gasteiger partial charge on any atom is -0.504 e. The Morgan fingerprint density at radius 3 is 2.39 bits per heavy atom. The smallest absolute Gasteiger partial charge is 0.336 e. The SMILES string of the molecule is Cc1cc(=O)oc2cc(Oc3cc(Cl)c(Cl)cc3Cl)c(O)cc12. The van der Waals surface area contributed by atoms with Gasteiger partial charge < -0.3 is 14.3 Å². The molecule has 0 atom stereocenters. The first-order chi connectivity index (χ1) is 10.8. The van der Waals surface area contributed by atoms with Crippen LogP contribution in [0.4, 0.5) is 0 Å². The zero-order chi connectivity index (χ0) is 16.7. The molecule has 1 aromatic heterocycles. The van der Waals surface area contributed by atoms with Gasteiger partial charge in [0.1, 0.15) is 11.3 Å². The van der Waals surface area contributed by atoms with Gasteiger partial charge in [0.15, 0.2) is 11.5 Å². The predicted molar refractivity (Wildman–Crippen MR) is 90.4 cm³/mol. The number of phenols is 1. The molecule has 0 radical (unpaired) electrons. The Morgan fingerprint density at radius 1 is 0.957 bits per heavy atom. The molecule has 0 aliphatic rings. The van der Waals surface area contributed by atoms with Gasteiger partial charge in [-0.25, -0.2) is 4.79 Å². The van der Waals surface area contributed by atoms with Gasteiger partial charge in [0.2, 0.25) is 0 Å². The number of rotatable bonds is 2. The normalized spacial score (nSPS) is 11.0. The van der Waals surface area contributed by atoms with E-state index in [0.717, 1.165) is 0 Å². The topological polar surface area (TPSA) is 59.7 Å². The summed E-state index contributed by atoms with van der Waals surface area (Å²) in [6, 6.07) is 7.08. The standard InChI is InChI=1S/C16H9Cl3O4/c1-7-2-16(21)23-13-6-15(12(20)3-8(7)13)22-14-5-10(18)9(17)4-11(14)19/h2-6,20H,1H3. The van der Waals surface area contributed by atoms with Crippen LogP contribution >= 0.6 is 34.8 Å². The number of phenolic OH excluding ortho intramolecular Hbond substituents is 1. The third-order valence-corrected chi connectivity index (χ3v) is 4.24. The maximum Gasteiger partial charge on any atom is 0.336 e. The Labute approximate surface area is 145 Å². The van der Waals surface area contributed by atoms with Gasteiger partial charge in [0.05, 0.1) is 15.1 Å². The molecule has 3 rings (SSSR count). The monoisotopic (exact) mass is 370 g/mol. The van der Waals surface area contributed by atoms with Crippen molar-refractivity contribution in [2.24, 2.45) is 0 Å². The van der Waals surface area contributed by atoms with Crippen molar-refractivity contribution < 1.29 is 14.3 Å². The number of hydrogen-bond acceptors (Lipinski definition) is 4. The molecule has 23 heavy (non-hydrogen) atoms. The van der Waals surface area contributed by atoms with Crippen molar-refractivity contribution >= 4 is 45.8 Å². The van der Waals surface area contributed by atoms with Crippen LogP contribution in [-0.2, 0) is 0 Å². The van der Waals surface area contributed by atoms with E-state index in [2.05, 4.69) is 0 Å². The Balaban J connectivity index is 2.12. The molecule has 7 heteroatoms. The van der Waals surface area contributed by atoms with Gasteiger partial charge in [-0.05, 0) is 24.6 Å². The molecule has 0 bridgehead atoms. The van der Waals surface area contributed by atoms with E-state index in [1.54, 1.807) is 6.92 Å². The van der Waals surface area contributed by atoms with Crippen molar-refractivity contribution in [1.82, 2.24) is 0 Å². The van der Waals surface area contributed by atoms with Gasteiger partial charge in [-0.3, -0.25) is 0 Å². The first-order valence-corrected chi connectivity index (χ1v) is 7.58. The summed E-state index contributed by atoms with van der Waals surface area (Å²) in [6.45, 7) is 1.75. The highest BCUT2D eigenvalue weighted by molar-refractivity contribution is 6.43. The highest BCUT2D eigenvalue weighted by Crippen LogP contribution is 2.40. The molecule has 0 aliphatic carbocycles. The molecule has 4 nitrogen and oxygen atoms in total. The number of ether oxygens (including phenoxy) is 1. The highest BCUT2D eigenvalue weighted by Gasteiger charge is 2.13. The largest absolute Gasteiger partial charge is 0.504 e. The second-order valence-electron chi connectivity index (χ2n) is 4.86. The molecular weight excluding hydrogens is 363 g/mol. The third-order valence-electron chi connectivity index (χ3n) is 3.23. The lowest BCUT2D eigenvalue weighted by atomic mass is 10.1. The van der Waals surface area contributed by atoms with Crippen LogP contribution in [0.15, 0.2) is 39.5 Å². The maximum atomic E-state index is 11.5. The highest BCUT2D eigenvalue weighted by atomic mass is 35.5. The maximum absolute atomic E-state index is 11.5. The zero-order valence-corrected chi connectivity index (χ0v) is 14.0. The molecule has 0 saturated carbocycles. The summed E-state index contributed by atoms with van der Waals surface area (Å²) in [7, 11) is 0. The van der Waals surface area contributed by atoms with E-state index in [1.165, 1.54) is 30.3 Å². The molecule has 0 unspecified atom stereocenters. The van der Waals surface area contributed by atoms with E-state index < -0.39 is 5.63 Å². The lowest BCUT2D eigenvalue weighted by molar-refractivity contribution is 0.411. The number of aromatic hydroxyl groups is 1. The average Bonchev–Trinajstić information content (AvgIpc) is 2.46.